The van der Waals surface area contributed by atoms with E-state index in [1.165, 1.54) is 0 Å². The molecule has 5 nitrogen and oxygen atoms in total. The molecule has 0 spiro atoms. The minimum Gasteiger partial charge on any atom is -0.495 e. The van der Waals surface area contributed by atoms with Crippen LogP contribution in [-0.2, 0) is 6.42 Å². The molecule has 146 valence electrons. The molecular formula is C22H23ClN2O3. The lowest BCUT2D eigenvalue weighted by molar-refractivity contribution is 0.255. The van der Waals surface area contributed by atoms with Crippen LogP contribution < -0.4 is 15.1 Å². The van der Waals surface area contributed by atoms with Gasteiger partial charge in [0.25, 0.3) is 0 Å². The van der Waals surface area contributed by atoms with Crippen molar-refractivity contribution in [3.8, 4) is 5.75 Å². The molecular weight excluding hydrogens is 376 g/mol. The molecule has 1 aromatic heterocycles. The van der Waals surface area contributed by atoms with Crippen LogP contribution in [0.25, 0.3) is 11.0 Å². The predicted molar refractivity (Wildman–Crippen MR) is 113 cm³/mol. The maximum absolute atomic E-state index is 12.3. The van der Waals surface area contributed by atoms with Crippen molar-refractivity contribution in [1.29, 1.82) is 0 Å². The molecule has 1 aliphatic rings. The highest BCUT2D eigenvalue weighted by molar-refractivity contribution is 6.31. The van der Waals surface area contributed by atoms with Crippen LogP contribution in [-0.4, -0.2) is 44.7 Å². The van der Waals surface area contributed by atoms with Crippen molar-refractivity contribution in [2.45, 2.75) is 6.42 Å². The van der Waals surface area contributed by atoms with E-state index in [2.05, 4.69) is 15.9 Å². The molecule has 0 saturated carbocycles. The summed E-state index contributed by atoms with van der Waals surface area (Å²) in [6.45, 7) is 4.68. The molecule has 1 saturated heterocycles. The summed E-state index contributed by atoms with van der Waals surface area (Å²) >= 11 is 5.97. The van der Waals surface area contributed by atoms with E-state index in [0.717, 1.165) is 44.2 Å². The van der Waals surface area contributed by atoms with Gasteiger partial charge in [-0.05, 0) is 30.3 Å². The maximum Gasteiger partial charge on any atom is 0.192 e. The summed E-state index contributed by atoms with van der Waals surface area (Å²) < 4.78 is 11.4. The molecule has 0 bridgehead atoms. The zero-order valence-corrected chi connectivity index (χ0v) is 16.6. The summed E-state index contributed by atoms with van der Waals surface area (Å²) in [7, 11) is 1.71. The number of ether oxygens (including phenoxy) is 1. The number of para-hydroxylation sites is 2. The van der Waals surface area contributed by atoms with E-state index >= 15 is 0 Å². The average Bonchev–Trinajstić information content (AvgIpc) is 2.73. The van der Waals surface area contributed by atoms with Crippen LogP contribution in [0.2, 0.25) is 5.02 Å². The van der Waals surface area contributed by atoms with E-state index in [-0.39, 0.29) is 5.43 Å². The molecule has 1 aliphatic heterocycles. The summed E-state index contributed by atoms with van der Waals surface area (Å²) in [5.74, 6) is 1.63. The van der Waals surface area contributed by atoms with Crippen LogP contribution in [0.3, 0.4) is 0 Å². The number of nitrogens with zero attached hydrogens (tertiary/aromatic N) is 2. The lowest BCUT2D eigenvalue weighted by atomic mass is 10.2. The van der Waals surface area contributed by atoms with Gasteiger partial charge in [0.1, 0.15) is 17.1 Å². The van der Waals surface area contributed by atoms with Gasteiger partial charge in [-0.1, -0.05) is 23.7 Å². The third kappa shape index (κ3) is 4.01. The molecule has 6 heteroatoms. The summed E-state index contributed by atoms with van der Waals surface area (Å²) in [5, 5.41) is 1.07. The van der Waals surface area contributed by atoms with Crippen molar-refractivity contribution in [3.05, 3.63) is 69.5 Å². The molecule has 0 amide bonds. The van der Waals surface area contributed by atoms with Crippen LogP contribution in [0.1, 0.15) is 5.76 Å². The minimum atomic E-state index is -0.0419. The Labute approximate surface area is 169 Å². The summed E-state index contributed by atoms with van der Waals surface area (Å²) in [4.78, 5) is 17.1. The second kappa shape index (κ2) is 8.25. The molecule has 1 fully saturated rings. The molecule has 0 radical (unpaired) electrons. The Balaban J connectivity index is 1.37. The Bertz CT molecular complexity index is 1030. The number of anilines is 1. The molecule has 2 aromatic carbocycles. The van der Waals surface area contributed by atoms with Gasteiger partial charge in [0.05, 0.1) is 18.2 Å². The Hall–Kier alpha value is -2.50. The first-order chi connectivity index (χ1) is 13.6. The number of piperazine rings is 1. The summed E-state index contributed by atoms with van der Waals surface area (Å²) in [6, 6.07) is 14.9. The molecule has 0 N–H and O–H groups in total. The zero-order valence-electron chi connectivity index (χ0n) is 15.9. The zero-order chi connectivity index (χ0) is 19.5. The first-order valence-corrected chi connectivity index (χ1v) is 9.84. The second-order valence-corrected chi connectivity index (χ2v) is 7.40. The van der Waals surface area contributed by atoms with E-state index in [1.807, 2.05) is 18.2 Å². The summed E-state index contributed by atoms with van der Waals surface area (Å²) in [6.07, 6.45) is 0.711. The lowest BCUT2D eigenvalue weighted by Gasteiger charge is -2.36. The third-order valence-corrected chi connectivity index (χ3v) is 5.45. The standard InChI is InChI=1S/C22H23ClN2O3/c1-27-22-5-3-2-4-19(22)25-12-10-24(11-13-25)9-8-17-15-20(26)18-14-16(23)6-7-21(18)28-17/h2-7,14-15H,8-13H2,1H3. The number of hydrogen-bond acceptors (Lipinski definition) is 5. The van der Waals surface area contributed by atoms with E-state index in [4.69, 9.17) is 20.8 Å². The molecule has 0 aliphatic carbocycles. The van der Waals surface area contributed by atoms with Crippen LogP contribution in [0, 0.1) is 0 Å². The third-order valence-electron chi connectivity index (χ3n) is 5.21. The Morgan fingerprint density at radius 1 is 1.07 bits per heavy atom. The van der Waals surface area contributed by atoms with Gasteiger partial charge in [0.15, 0.2) is 5.43 Å². The van der Waals surface area contributed by atoms with Crippen molar-refractivity contribution < 1.29 is 9.15 Å². The Morgan fingerprint density at radius 2 is 1.86 bits per heavy atom. The van der Waals surface area contributed by atoms with Gasteiger partial charge in [-0.2, -0.15) is 0 Å². The second-order valence-electron chi connectivity index (χ2n) is 6.97. The fourth-order valence-corrected chi connectivity index (χ4v) is 3.85. The van der Waals surface area contributed by atoms with Gasteiger partial charge in [0, 0.05) is 50.2 Å². The number of halogens is 1. The topological polar surface area (TPSA) is 45.9 Å². The largest absolute Gasteiger partial charge is 0.495 e. The quantitative estimate of drug-likeness (QED) is 0.653. The van der Waals surface area contributed by atoms with E-state index < -0.39 is 0 Å². The number of methoxy groups -OCH3 is 1. The number of hydrogen-bond donors (Lipinski definition) is 0. The van der Waals surface area contributed by atoms with Crippen molar-refractivity contribution in [3.63, 3.8) is 0 Å². The Morgan fingerprint density at radius 3 is 2.64 bits per heavy atom. The highest BCUT2D eigenvalue weighted by atomic mass is 35.5. The maximum atomic E-state index is 12.3. The van der Waals surface area contributed by atoms with E-state index in [0.29, 0.717) is 28.2 Å². The molecule has 0 unspecified atom stereocenters. The van der Waals surface area contributed by atoms with Crippen LogP contribution >= 0.6 is 11.6 Å². The first-order valence-electron chi connectivity index (χ1n) is 9.46. The fourth-order valence-electron chi connectivity index (χ4n) is 3.67. The van der Waals surface area contributed by atoms with Gasteiger partial charge in [-0.3, -0.25) is 9.69 Å². The van der Waals surface area contributed by atoms with Crippen molar-refractivity contribution in [1.82, 2.24) is 4.90 Å². The van der Waals surface area contributed by atoms with Crippen molar-refractivity contribution in [2.75, 3.05) is 44.7 Å². The molecule has 0 atom stereocenters. The molecule has 2 heterocycles. The number of rotatable bonds is 5. The van der Waals surface area contributed by atoms with Gasteiger partial charge in [-0.25, -0.2) is 0 Å². The minimum absolute atomic E-state index is 0.0419. The van der Waals surface area contributed by atoms with Crippen LogP contribution in [0.15, 0.2) is 57.7 Å². The van der Waals surface area contributed by atoms with Gasteiger partial charge >= 0.3 is 0 Å². The first kappa shape index (κ1) is 18.8. The molecule has 4 rings (SSSR count). The van der Waals surface area contributed by atoms with Gasteiger partial charge < -0.3 is 14.1 Å². The lowest BCUT2D eigenvalue weighted by Crippen LogP contribution is -2.47. The normalized spacial score (nSPS) is 15.1. The van der Waals surface area contributed by atoms with Crippen molar-refractivity contribution >= 4 is 28.3 Å². The van der Waals surface area contributed by atoms with Gasteiger partial charge in [-0.15, -0.1) is 0 Å². The van der Waals surface area contributed by atoms with Gasteiger partial charge in [0.2, 0.25) is 0 Å². The van der Waals surface area contributed by atoms with Crippen LogP contribution in [0.5, 0.6) is 5.75 Å². The highest BCUT2D eigenvalue weighted by Crippen LogP contribution is 2.28. The SMILES string of the molecule is COc1ccccc1N1CCN(CCc2cc(=O)c3cc(Cl)ccc3o2)CC1. The van der Waals surface area contributed by atoms with Crippen molar-refractivity contribution in [2.24, 2.45) is 0 Å². The summed E-state index contributed by atoms with van der Waals surface area (Å²) in [5.41, 5.74) is 1.69. The Kier molecular flexibility index (Phi) is 5.55. The van der Waals surface area contributed by atoms with Crippen LogP contribution in [0.4, 0.5) is 5.69 Å². The highest BCUT2D eigenvalue weighted by Gasteiger charge is 2.19. The number of benzene rings is 2. The monoisotopic (exact) mass is 398 g/mol. The predicted octanol–water partition coefficient (Wildman–Crippen LogP) is 3.82. The molecule has 3 aromatic rings. The smallest absolute Gasteiger partial charge is 0.192 e. The van der Waals surface area contributed by atoms with E-state index in [1.54, 1.807) is 31.4 Å². The number of fused-ring (bicyclic) bond motifs is 1. The fraction of sp³-hybridized carbons (Fsp3) is 0.318. The average molecular weight is 399 g/mol. The molecule has 28 heavy (non-hydrogen) atoms. The van der Waals surface area contributed by atoms with E-state index in [9.17, 15) is 4.79 Å².